The lowest BCUT2D eigenvalue weighted by atomic mass is 9.89. The summed E-state index contributed by atoms with van der Waals surface area (Å²) in [6, 6.07) is 18.7. The fraction of sp³-hybridized carbons (Fsp3) is 0.350. The van der Waals surface area contributed by atoms with Crippen LogP contribution in [0.1, 0.15) is 24.0 Å². The van der Waals surface area contributed by atoms with Gasteiger partial charge in [0.25, 0.3) is 0 Å². The Morgan fingerprint density at radius 1 is 1.12 bits per heavy atom. The Kier molecular flexibility index (Phi) is 5.69. The van der Waals surface area contributed by atoms with Gasteiger partial charge in [-0.15, -0.1) is 0 Å². The smallest absolute Gasteiger partial charge is 0.310 e. The summed E-state index contributed by atoms with van der Waals surface area (Å²) in [7, 11) is 0. The van der Waals surface area contributed by atoms with Gasteiger partial charge in [-0.3, -0.25) is 9.69 Å². The minimum absolute atomic E-state index is 0.0824. The molecule has 3 rings (SSSR count). The van der Waals surface area contributed by atoms with E-state index in [1.54, 1.807) is 0 Å². The first-order chi connectivity index (χ1) is 11.7. The number of benzene rings is 2. The molecule has 2 atom stereocenters. The third-order valence-electron chi connectivity index (χ3n) is 4.53. The second-order valence-corrected chi connectivity index (χ2v) is 7.11. The molecular formula is C20H22BrNO2. The molecule has 1 fully saturated rings. The van der Waals surface area contributed by atoms with Crippen molar-refractivity contribution in [1.82, 2.24) is 4.90 Å². The van der Waals surface area contributed by atoms with E-state index in [1.807, 2.05) is 25.1 Å². The first-order valence-electron chi connectivity index (χ1n) is 8.35. The second kappa shape index (κ2) is 7.95. The van der Waals surface area contributed by atoms with E-state index in [2.05, 4.69) is 57.2 Å². The van der Waals surface area contributed by atoms with Crippen molar-refractivity contribution < 1.29 is 9.53 Å². The Morgan fingerprint density at radius 3 is 2.50 bits per heavy atom. The van der Waals surface area contributed by atoms with Crippen LogP contribution in [-0.2, 0) is 16.1 Å². The van der Waals surface area contributed by atoms with Gasteiger partial charge in [0, 0.05) is 30.0 Å². The van der Waals surface area contributed by atoms with Crippen LogP contribution in [0, 0.1) is 5.92 Å². The molecule has 1 heterocycles. The van der Waals surface area contributed by atoms with Crippen LogP contribution in [0.3, 0.4) is 0 Å². The second-order valence-electron chi connectivity index (χ2n) is 6.20. The fourth-order valence-corrected chi connectivity index (χ4v) is 3.66. The number of carbonyl (C=O) groups excluding carboxylic acids is 1. The van der Waals surface area contributed by atoms with Gasteiger partial charge in [0.2, 0.25) is 0 Å². The van der Waals surface area contributed by atoms with E-state index >= 15 is 0 Å². The highest BCUT2D eigenvalue weighted by Gasteiger charge is 2.39. The Morgan fingerprint density at radius 2 is 1.83 bits per heavy atom. The predicted octanol–water partition coefficient (Wildman–Crippen LogP) is 4.23. The zero-order valence-electron chi connectivity index (χ0n) is 13.8. The molecular weight excluding hydrogens is 366 g/mol. The molecule has 0 bridgehead atoms. The van der Waals surface area contributed by atoms with Crippen LogP contribution >= 0.6 is 15.9 Å². The molecule has 126 valence electrons. The maximum atomic E-state index is 12.4. The number of hydrogen-bond donors (Lipinski definition) is 0. The van der Waals surface area contributed by atoms with Crippen LogP contribution in [0.5, 0.6) is 0 Å². The SMILES string of the molecule is CCOC(=O)[C@H]1CN(Cc2ccccc2)C[C@@H]1c1ccc(Br)cc1. The minimum atomic E-state index is -0.102. The molecule has 2 aromatic carbocycles. The molecule has 24 heavy (non-hydrogen) atoms. The average molecular weight is 388 g/mol. The van der Waals surface area contributed by atoms with E-state index < -0.39 is 0 Å². The summed E-state index contributed by atoms with van der Waals surface area (Å²) in [5.74, 6) is -0.00307. The molecule has 0 aliphatic carbocycles. The lowest BCUT2D eigenvalue weighted by Crippen LogP contribution is -2.25. The molecule has 3 nitrogen and oxygen atoms in total. The van der Waals surface area contributed by atoms with E-state index in [9.17, 15) is 4.79 Å². The van der Waals surface area contributed by atoms with Gasteiger partial charge in [-0.05, 0) is 30.2 Å². The van der Waals surface area contributed by atoms with Crippen LogP contribution in [-0.4, -0.2) is 30.6 Å². The molecule has 1 saturated heterocycles. The van der Waals surface area contributed by atoms with Crippen molar-refractivity contribution >= 4 is 21.9 Å². The van der Waals surface area contributed by atoms with Crippen LogP contribution in [0.4, 0.5) is 0 Å². The number of rotatable bonds is 5. The zero-order chi connectivity index (χ0) is 16.9. The fourth-order valence-electron chi connectivity index (χ4n) is 3.39. The van der Waals surface area contributed by atoms with Crippen molar-refractivity contribution in [2.45, 2.75) is 19.4 Å². The third kappa shape index (κ3) is 4.05. The number of carbonyl (C=O) groups is 1. The Balaban J connectivity index is 1.78. The normalized spacial score (nSPS) is 20.9. The van der Waals surface area contributed by atoms with Crippen molar-refractivity contribution in [2.75, 3.05) is 19.7 Å². The van der Waals surface area contributed by atoms with Crippen LogP contribution in [0.25, 0.3) is 0 Å². The summed E-state index contributed by atoms with van der Waals surface area (Å²) in [6.45, 7) is 4.78. The van der Waals surface area contributed by atoms with E-state index in [4.69, 9.17) is 4.74 Å². The summed E-state index contributed by atoms with van der Waals surface area (Å²) in [5.41, 5.74) is 2.48. The lowest BCUT2D eigenvalue weighted by Gasteiger charge is -2.17. The van der Waals surface area contributed by atoms with E-state index in [-0.39, 0.29) is 17.8 Å². The summed E-state index contributed by atoms with van der Waals surface area (Å²) in [5, 5.41) is 0. The quantitative estimate of drug-likeness (QED) is 0.718. The topological polar surface area (TPSA) is 29.5 Å². The highest BCUT2D eigenvalue weighted by Crippen LogP contribution is 2.34. The van der Waals surface area contributed by atoms with Crippen LogP contribution in [0.15, 0.2) is 59.1 Å². The molecule has 1 aliphatic heterocycles. The van der Waals surface area contributed by atoms with Crippen molar-refractivity contribution in [3.8, 4) is 0 Å². The number of halogens is 1. The summed E-state index contributed by atoms with van der Waals surface area (Å²) >= 11 is 3.48. The van der Waals surface area contributed by atoms with Crippen LogP contribution in [0.2, 0.25) is 0 Å². The third-order valence-corrected chi connectivity index (χ3v) is 5.06. The van der Waals surface area contributed by atoms with Gasteiger partial charge in [0.15, 0.2) is 0 Å². The molecule has 2 aromatic rings. The van der Waals surface area contributed by atoms with Gasteiger partial charge in [0.1, 0.15) is 0 Å². The first kappa shape index (κ1) is 17.2. The Hall–Kier alpha value is -1.65. The monoisotopic (exact) mass is 387 g/mol. The Bertz CT molecular complexity index is 672. The van der Waals surface area contributed by atoms with Crippen molar-refractivity contribution in [3.05, 3.63) is 70.2 Å². The van der Waals surface area contributed by atoms with Gasteiger partial charge >= 0.3 is 5.97 Å². The highest BCUT2D eigenvalue weighted by atomic mass is 79.9. The first-order valence-corrected chi connectivity index (χ1v) is 9.15. The maximum Gasteiger partial charge on any atom is 0.310 e. The predicted molar refractivity (Wildman–Crippen MR) is 98.7 cm³/mol. The summed E-state index contributed by atoms with van der Waals surface area (Å²) < 4.78 is 6.38. The van der Waals surface area contributed by atoms with Crippen molar-refractivity contribution in [1.29, 1.82) is 0 Å². The van der Waals surface area contributed by atoms with E-state index in [1.165, 1.54) is 11.1 Å². The maximum absolute atomic E-state index is 12.4. The van der Waals surface area contributed by atoms with Gasteiger partial charge < -0.3 is 4.74 Å². The molecule has 1 aliphatic rings. The molecule has 0 radical (unpaired) electrons. The standard InChI is InChI=1S/C20H22BrNO2/c1-2-24-20(23)19-14-22(12-15-6-4-3-5-7-15)13-18(19)16-8-10-17(21)11-9-16/h3-11,18-19H,2,12-14H2,1H3/t18-,19+/m1/s1. The van der Waals surface area contributed by atoms with Gasteiger partial charge in [-0.1, -0.05) is 58.4 Å². The molecule has 4 heteroatoms. The van der Waals surface area contributed by atoms with Crippen molar-refractivity contribution in [2.24, 2.45) is 5.92 Å². The number of ether oxygens (including phenoxy) is 1. The summed E-state index contributed by atoms with van der Waals surface area (Å²) in [6.07, 6.45) is 0. The molecule has 0 saturated carbocycles. The number of likely N-dealkylation sites (tertiary alicyclic amines) is 1. The number of esters is 1. The van der Waals surface area contributed by atoms with Gasteiger partial charge in [0.05, 0.1) is 12.5 Å². The van der Waals surface area contributed by atoms with Crippen molar-refractivity contribution in [3.63, 3.8) is 0 Å². The Labute approximate surface area is 151 Å². The molecule has 0 aromatic heterocycles. The molecule has 0 unspecified atom stereocenters. The number of hydrogen-bond acceptors (Lipinski definition) is 3. The molecule has 0 spiro atoms. The molecule has 0 amide bonds. The van der Waals surface area contributed by atoms with Crippen LogP contribution < -0.4 is 0 Å². The van der Waals surface area contributed by atoms with E-state index in [0.29, 0.717) is 6.61 Å². The number of nitrogens with zero attached hydrogens (tertiary/aromatic N) is 1. The average Bonchev–Trinajstić information content (AvgIpc) is 3.00. The molecule has 0 N–H and O–H groups in total. The van der Waals surface area contributed by atoms with E-state index in [0.717, 1.165) is 24.1 Å². The lowest BCUT2D eigenvalue weighted by molar-refractivity contribution is -0.148. The highest BCUT2D eigenvalue weighted by molar-refractivity contribution is 9.10. The van der Waals surface area contributed by atoms with Gasteiger partial charge in [-0.25, -0.2) is 0 Å². The summed E-state index contributed by atoms with van der Waals surface area (Å²) in [4.78, 5) is 14.8. The largest absolute Gasteiger partial charge is 0.466 e. The van der Waals surface area contributed by atoms with Gasteiger partial charge in [-0.2, -0.15) is 0 Å². The zero-order valence-corrected chi connectivity index (χ0v) is 15.4. The minimum Gasteiger partial charge on any atom is -0.466 e.